The van der Waals surface area contributed by atoms with Crippen LogP contribution in [0.3, 0.4) is 0 Å². The molecule has 2 aliphatic carbocycles. The first-order valence-electron chi connectivity index (χ1n) is 17.6. The zero-order valence-corrected chi connectivity index (χ0v) is 30.3. The molecule has 0 bridgehead atoms. The number of pyridine rings is 1. The third-order valence-corrected chi connectivity index (χ3v) is 11.5. The van der Waals surface area contributed by atoms with Gasteiger partial charge < -0.3 is 20.5 Å². The van der Waals surface area contributed by atoms with Gasteiger partial charge >= 0.3 is 6.18 Å². The molecule has 0 saturated heterocycles. The van der Waals surface area contributed by atoms with Crippen molar-refractivity contribution in [3.8, 4) is 11.1 Å². The van der Waals surface area contributed by atoms with Gasteiger partial charge in [0.25, 0.3) is 11.8 Å². The third kappa shape index (κ3) is 6.32. The summed E-state index contributed by atoms with van der Waals surface area (Å²) in [6.45, 7) is 0.326. The Morgan fingerprint density at radius 3 is 2.50 bits per heavy atom. The molecular weight excluding hydrogens is 801 g/mol. The van der Waals surface area contributed by atoms with E-state index in [0.29, 0.717) is 46.0 Å². The van der Waals surface area contributed by atoms with Gasteiger partial charge in [0.2, 0.25) is 5.91 Å². The van der Waals surface area contributed by atoms with Gasteiger partial charge in [-0.05, 0) is 47.9 Å². The van der Waals surface area contributed by atoms with Crippen LogP contribution in [0.5, 0.6) is 0 Å². The van der Waals surface area contributed by atoms with E-state index < -0.39 is 94.7 Å². The van der Waals surface area contributed by atoms with E-state index in [-0.39, 0.29) is 28.0 Å². The monoisotopic (exact) mass is 826 g/mol. The number of nitrogens with zero attached hydrogens (tertiary/aromatic N) is 8. The summed E-state index contributed by atoms with van der Waals surface area (Å²) < 4.78 is 120. The Hall–Kier alpha value is -6.25. The molecule has 0 saturated carbocycles. The van der Waals surface area contributed by atoms with Crippen LogP contribution in [-0.2, 0) is 42.9 Å². The van der Waals surface area contributed by atoms with Gasteiger partial charge in [-0.15, -0.1) is 10.2 Å². The SMILES string of the molecule is NC(=O)c1cc(-c2cc3sc(N4CCn5cnnc5C4)nc3nc2[C@H](Cc2cc(F)cc(F)c2)NC(=O)Cn2nc(C(F)(F)F)c3c2C(F)(F)[C@@H]2C=C[C@H]32)ccc1F. The second-order valence-electron chi connectivity index (χ2n) is 14.1. The Bertz CT molecular complexity index is 2690. The lowest BCUT2D eigenvalue weighted by Crippen LogP contribution is -2.36. The van der Waals surface area contributed by atoms with E-state index in [1.54, 1.807) is 12.4 Å². The number of hydrogen-bond acceptors (Lipinski definition) is 9. The first kappa shape index (κ1) is 37.3. The maximum Gasteiger partial charge on any atom is 0.435 e. The quantitative estimate of drug-likeness (QED) is 0.130. The number of nitrogens with two attached hydrogens (primary N) is 1. The lowest BCUT2D eigenvalue weighted by atomic mass is 9.81. The van der Waals surface area contributed by atoms with E-state index in [1.807, 2.05) is 9.47 Å². The van der Waals surface area contributed by atoms with Gasteiger partial charge in [0.15, 0.2) is 22.3 Å². The summed E-state index contributed by atoms with van der Waals surface area (Å²) in [6.07, 6.45) is -1.58. The number of alkyl halides is 5. The Balaban J connectivity index is 1.16. The number of hydrogen-bond donors (Lipinski definition) is 2. The Morgan fingerprint density at radius 2 is 1.79 bits per heavy atom. The first-order chi connectivity index (χ1) is 27.5. The van der Waals surface area contributed by atoms with Crippen LogP contribution in [-0.4, -0.2) is 52.9 Å². The fraction of sp³-hybridized carbons (Fsp3) is 0.270. The summed E-state index contributed by atoms with van der Waals surface area (Å²) in [4.78, 5) is 37.6. The van der Waals surface area contributed by atoms with Crippen molar-refractivity contribution >= 4 is 38.6 Å². The molecule has 0 fully saturated rings. The van der Waals surface area contributed by atoms with Crippen LogP contribution in [0.15, 0.2) is 60.9 Å². The highest BCUT2D eigenvalue weighted by atomic mass is 32.1. The van der Waals surface area contributed by atoms with Crippen molar-refractivity contribution in [3.05, 3.63) is 118 Å². The summed E-state index contributed by atoms with van der Waals surface area (Å²) in [5.74, 6) is -11.0. The second kappa shape index (κ2) is 13.4. The first-order valence-corrected chi connectivity index (χ1v) is 18.4. The largest absolute Gasteiger partial charge is 0.435 e. The number of fused-ring (bicyclic) bond motifs is 5. The van der Waals surface area contributed by atoms with Crippen molar-refractivity contribution in [2.45, 2.75) is 50.1 Å². The molecule has 21 heteroatoms. The Labute approximate surface area is 325 Å². The van der Waals surface area contributed by atoms with Crippen LogP contribution in [0.1, 0.15) is 56.4 Å². The minimum Gasteiger partial charge on any atom is -0.366 e. The van der Waals surface area contributed by atoms with Gasteiger partial charge in [-0.25, -0.2) is 18.2 Å². The minimum atomic E-state index is -5.12. The smallest absolute Gasteiger partial charge is 0.366 e. The molecule has 3 atom stereocenters. The van der Waals surface area contributed by atoms with E-state index in [9.17, 15) is 35.9 Å². The molecule has 3 aliphatic rings. The Morgan fingerprint density at radius 1 is 1.02 bits per heavy atom. The second-order valence-corrected chi connectivity index (χ2v) is 15.1. The molecule has 298 valence electrons. The molecule has 58 heavy (non-hydrogen) atoms. The highest BCUT2D eigenvalue weighted by molar-refractivity contribution is 7.22. The van der Waals surface area contributed by atoms with Gasteiger partial charge in [0, 0.05) is 36.2 Å². The van der Waals surface area contributed by atoms with E-state index in [1.165, 1.54) is 23.5 Å². The number of amides is 2. The molecule has 5 heterocycles. The summed E-state index contributed by atoms with van der Waals surface area (Å²) in [6, 6.07) is 6.25. The molecule has 2 aromatic carbocycles. The number of primary amides is 1. The molecule has 3 N–H and O–H groups in total. The lowest BCUT2D eigenvalue weighted by Gasteiger charge is -2.27. The minimum absolute atomic E-state index is 0.00232. The number of aromatic nitrogens is 7. The predicted octanol–water partition coefficient (Wildman–Crippen LogP) is 6.18. The number of carbonyl (C=O) groups is 2. The molecule has 9 rings (SSSR count). The van der Waals surface area contributed by atoms with E-state index in [0.717, 1.165) is 30.3 Å². The van der Waals surface area contributed by atoms with Crippen molar-refractivity contribution < 1.29 is 44.7 Å². The topological polar surface area (TPSA) is 150 Å². The Kier molecular flexibility index (Phi) is 8.64. The molecule has 2 amide bonds. The lowest BCUT2D eigenvalue weighted by molar-refractivity contribution is -0.142. The maximum atomic E-state index is 15.6. The third-order valence-electron chi connectivity index (χ3n) is 10.4. The summed E-state index contributed by atoms with van der Waals surface area (Å²) in [5, 5.41) is 14.6. The standard InChI is InChI=1S/C37H26F8N10O2S/c38-18-7-16(8-19(39)11-18)9-25(48-28(56)14-55-32-29(31(52-55)37(43,44)45)20-2-3-23(20)36(32,41)42)30-21(17-1-4-24(40)22(10-17)33(46)57)12-26-34(49-30)50-35(58-26)53-5-6-54-15-47-51-27(54)13-53/h1-4,7-8,10-12,15,20,23,25H,5-6,9,13-14H2,(H2,46,57)(H,48,56)/t20-,23+,25-/m0/s1. The molecule has 6 aromatic rings. The molecule has 4 aromatic heterocycles. The molecule has 0 radical (unpaired) electrons. The fourth-order valence-electron chi connectivity index (χ4n) is 7.75. The number of anilines is 1. The van der Waals surface area contributed by atoms with Crippen molar-refractivity contribution in [1.29, 1.82) is 0 Å². The van der Waals surface area contributed by atoms with Crippen LogP contribution in [0.2, 0.25) is 0 Å². The van der Waals surface area contributed by atoms with Crippen molar-refractivity contribution in [2.75, 3.05) is 11.4 Å². The number of thiazole rings is 1. The van der Waals surface area contributed by atoms with Crippen LogP contribution < -0.4 is 16.0 Å². The zero-order chi connectivity index (χ0) is 40.8. The van der Waals surface area contributed by atoms with Crippen LogP contribution in [0, 0.1) is 23.4 Å². The number of nitrogens with one attached hydrogen (secondary N) is 1. The number of carbonyl (C=O) groups excluding carboxylic acids is 2. The molecule has 0 spiro atoms. The van der Waals surface area contributed by atoms with Gasteiger partial charge in [-0.1, -0.05) is 29.6 Å². The number of rotatable bonds is 9. The van der Waals surface area contributed by atoms with Crippen LogP contribution in [0.4, 0.5) is 40.3 Å². The van der Waals surface area contributed by atoms with Crippen LogP contribution >= 0.6 is 11.3 Å². The average Bonchev–Trinajstić information content (AvgIpc) is 3.89. The van der Waals surface area contributed by atoms with Gasteiger partial charge in [-0.2, -0.15) is 32.0 Å². The summed E-state index contributed by atoms with van der Waals surface area (Å²) >= 11 is 1.23. The van der Waals surface area contributed by atoms with E-state index in [4.69, 9.17) is 15.7 Å². The number of halogens is 8. The normalized spacial score (nSPS) is 18.4. The van der Waals surface area contributed by atoms with Gasteiger partial charge in [0.05, 0.1) is 34.5 Å². The van der Waals surface area contributed by atoms with Gasteiger partial charge in [-0.3, -0.25) is 14.3 Å². The highest BCUT2D eigenvalue weighted by Crippen LogP contribution is 2.60. The molecule has 0 unspecified atom stereocenters. The zero-order valence-electron chi connectivity index (χ0n) is 29.4. The van der Waals surface area contributed by atoms with Crippen molar-refractivity contribution in [1.82, 2.24) is 39.8 Å². The molecular formula is C37H26F8N10O2S. The van der Waals surface area contributed by atoms with Crippen molar-refractivity contribution in [3.63, 3.8) is 0 Å². The molecule has 12 nitrogen and oxygen atoms in total. The fourth-order valence-corrected chi connectivity index (χ4v) is 8.72. The number of allylic oxidation sites excluding steroid dienone is 2. The highest BCUT2D eigenvalue weighted by Gasteiger charge is 2.61. The van der Waals surface area contributed by atoms with E-state index >= 15 is 8.78 Å². The van der Waals surface area contributed by atoms with Gasteiger partial charge in [0.1, 0.15) is 36.0 Å². The van der Waals surface area contributed by atoms with Crippen LogP contribution in [0.25, 0.3) is 21.5 Å². The maximum absolute atomic E-state index is 15.6. The number of benzene rings is 2. The van der Waals surface area contributed by atoms with Crippen molar-refractivity contribution in [2.24, 2.45) is 11.7 Å². The summed E-state index contributed by atoms with van der Waals surface area (Å²) in [7, 11) is 0. The predicted molar refractivity (Wildman–Crippen MR) is 190 cm³/mol. The molecule has 1 aliphatic heterocycles. The van der Waals surface area contributed by atoms with E-state index in [2.05, 4.69) is 20.6 Å². The average molecular weight is 827 g/mol. The summed E-state index contributed by atoms with van der Waals surface area (Å²) in [5.41, 5.74) is 2.14.